The second-order valence-corrected chi connectivity index (χ2v) is 6.20. The van der Waals surface area contributed by atoms with Crippen molar-refractivity contribution in [3.05, 3.63) is 17.8 Å². The summed E-state index contributed by atoms with van der Waals surface area (Å²) < 4.78 is 53.8. The van der Waals surface area contributed by atoms with Gasteiger partial charge in [-0.2, -0.15) is 13.2 Å². The molecule has 2 aliphatic rings. The van der Waals surface area contributed by atoms with Crippen LogP contribution in [0.2, 0.25) is 0 Å². The first-order valence-electron chi connectivity index (χ1n) is 7.15. The molecule has 1 aromatic rings. The quantitative estimate of drug-likeness (QED) is 0.862. The van der Waals surface area contributed by atoms with E-state index in [0.29, 0.717) is 19.3 Å². The normalized spacial score (nSPS) is 31.7. The number of aryl methyl sites for hydroxylation is 1. The van der Waals surface area contributed by atoms with Crippen LogP contribution in [0.3, 0.4) is 0 Å². The number of hydrogen-bond acceptors (Lipinski definition) is 3. The molecule has 0 atom stereocenters. The number of halogens is 4. The van der Waals surface area contributed by atoms with E-state index >= 15 is 0 Å². The lowest BCUT2D eigenvalue weighted by Crippen LogP contribution is -2.34. The van der Waals surface area contributed by atoms with Gasteiger partial charge in [-0.3, -0.25) is 0 Å². The molecule has 3 nitrogen and oxygen atoms in total. The van der Waals surface area contributed by atoms with Crippen LogP contribution in [-0.4, -0.2) is 21.7 Å². The predicted octanol–water partition coefficient (Wildman–Crippen LogP) is 3.86. The molecule has 116 valence electrons. The molecule has 0 spiro atoms. The van der Waals surface area contributed by atoms with Crippen LogP contribution >= 0.6 is 0 Å². The third-order valence-electron chi connectivity index (χ3n) is 5.02. The van der Waals surface area contributed by atoms with Gasteiger partial charge in [0.2, 0.25) is 0 Å². The molecular formula is C14H17F4N3. The molecule has 3 rings (SSSR count). The molecule has 2 saturated carbocycles. The highest BCUT2D eigenvalue weighted by atomic mass is 19.4. The minimum atomic E-state index is -4.19. The Kier molecular flexibility index (Phi) is 3.15. The van der Waals surface area contributed by atoms with Crippen LogP contribution in [0.25, 0.3) is 0 Å². The highest BCUT2D eigenvalue weighted by Crippen LogP contribution is 2.64. The van der Waals surface area contributed by atoms with Gasteiger partial charge in [0.25, 0.3) is 0 Å². The highest BCUT2D eigenvalue weighted by Gasteiger charge is 2.66. The first-order valence-corrected chi connectivity index (χ1v) is 7.15. The number of aromatic nitrogens is 2. The molecular weight excluding hydrogens is 286 g/mol. The zero-order valence-corrected chi connectivity index (χ0v) is 11.7. The van der Waals surface area contributed by atoms with Crippen LogP contribution in [0.15, 0.2) is 6.33 Å². The largest absolute Gasteiger partial charge is 0.394 e. The fourth-order valence-corrected chi connectivity index (χ4v) is 3.75. The molecule has 0 saturated heterocycles. The van der Waals surface area contributed by atoms with Crippen molar-refractivity contribution in [3.8, 4) is 0 Å². The zero-order valence-electron chi connectivity index (χ0n) is 11.7. The molecule has 21 heavy (non-hydrogen) atoms. The van der Waals surface area contributed by atoms with Gasteiger partial charge < -0.3 is 5.32 Å². The van der Waals surface area contributed by atoms with Crippen molar-refractivity contribution in [2.75, 3.05) is 5.32 Å². The Bertz CT molecular complexity index is 548. The maximum Gasteiger partial charge on any atom is 0.394 e. The Morgan fingerprint density at radius 1 is 1.19 bits per heavy atom. The van der Waals surface area contributed by atoms with Gasteiger partial charge in [0.15, 0.2) is 11.6 Å². The van der Waals surface area contributed by atoms with E-state index in [1.807, 2.05) is 0 Å². The zero-order chi connectivity index (χ0) is 15.3. The summed E-state index contributed by atoms with van der Waals surface area (Å²) in [5, 5.41) is 2.96. The minimum absolute atomic E-state index is 0.00833. The van der Waals surface area contributed by atoms with Crippen LogP contribution in [0, 0.1) is 11.2 Å². The summed E-state index contributed by atoms with van der Waals surface area (Å²) in [6, 6.07) is 0. The molecule has 2 aliphatic carbocycles. The fraction of sp³-hybridized carbons (Fsp3) is 0.714. The summed E-state index contributed by atoms with van der Waals surface area (Å²) in [5.74, 6) is -0.521. The van der Waals surface area contributed by atoms with Gasteiger partial charge in [0.1, 0.15) is 6.33 Å². The van der Waals surface area contributed by atoms with E-state index < -0.39 is 22.9 Å². The monoisotopic (exact) mass is 303 g/mol. The first-order chi connectivity index (χ1) is 9.81. The molecule has 0 amide bonds. The minimum Gasteiger partial charge on any atom is -0.362 e. The van der Waals surface area contributed by atoms with E-state index in [1.54, 1.807) is 6.92 Å². The van der Waals surface area contributed by atoms with Crippen molar-refractivity contribution in [2.45, 2.75) is 57.2 Å². The summed E-state index contributed by atoms with van der Waals surface area (Å²) in [7, 11) is 0. The molecule has 2 fully saturated rings. The van der Waals surface area contributed by atoms with Crippen LogP contribution < -0.4 is 5.32 Å². The third kappa shape index (κ3) is 2.17. The summed E-state index contributed by atoms with van der Waals surface area (Å²) in [4.78, 5) is 7.71. The van der Waals surface area contributed by atoms with Gasteiger partial charge in [-0.1, -0.05) is 6.92 Å². The van der Waals surface area contributed by atoms with Crippen molar-refractivity contribution in [1.82, 2.24) is 9.97 Å². The van der Waals surface area contributed by atoms with Gasteiger partial charge in [-0.05, 0) is 38.5 Å². The van der Waals surface area contributed by atoms with Crippen LogP contribution in [-0.2, 0) is 6.42 Å². The molecule has 1 N–H and O–H groups in total. The van der Waals surface area contributed by atoms with Gasteiger partial charge >= 0.3 is 6.18 Å². The summed E-state index contributed by atoms with van der Waals surface area (Å²) in [5.41, 5.74) is -2.01. The Balaban J connectivity index is 1.85. The third-order valence-corrected chi connectivity index (χ3v) is 5.02. The fourth-order valence-electron chi connectivity index (χ4n) is 3.75. The lowest BCUT2D eigenvalue weighted by molar-refractivity contribution is -0.220. The molecule has 0 aromatic carbocycles. The standard InChI is InChI=1S/C14H17F4N3/c1-2-9-10(15)11(20-8-19-9)21-13-5-3-12(7-13,4-6-13)14(16,17)18/h8H,2-7H2,1H3,(H,19,20,21). The van der Waals surface area contributed by atoms with E-state index in [9.17, 15) is 17.6 Å². The number of alkyl halides is 3. The highest BCUT2D eigenvalue weighted by molar-refractivity contribution is 5.42. The number of nitrogens with one attached hydrogen (secondary N) is 1. The second kappa shape index (κ2) is 4.55. The van der Waals surface area contributed by atoms with Gasteiger partial charge in [0.05, 0.1) is 11.1 Å². The molecule has 2 bridgehead atoms. The van der Waals surface area contributed by atoms with Crippen molar-refractivity contribution >= 4 is 5.82 Å². The van der Waals surface area contributed by atoms with Crippen LogP contribution in [0.4, 0.5) is 23.4 Å². The van der Waals surface area contributed by atoms with Gasteiger partial charge in [-0.15, -0.1) is 0 Å². The molecule has 7 heteroatoms. The van der Waals surface area contributed by atoms with Crippen molar-refractivity contribution in [3.63, 3.8) is 0 Å². The molecule has 0 radical (unpaired) electrons. The molecule has 1 aromatic heterocycles. The topological polar surface area (TPSA) is 37.8 Å². The number of nitrogens with zero attached hydrogens (tertiary/aromatic N) is 2. The molecule has 0 unspecified atom stereocenters. The smallest absolute Gasteiger partial charge is 0.362 e. The van der Waals surface area contributed by atoms with E-state index in [0.717, 1.165) is 0 Å². The van der Waals surface area contributed by atoms with Crippen molar-refractivity contribution in [2.24, 2.45) is 5.41 Å². The maximum atomic E-state index is 14.2. The Morgan fingerprint density at radius 3 is 2.38 bits per heavy atom. The van der Waals surface area contributed by atoms with Crippen molar-refractivity contribution in [1.29, 1.82) is 0 Å². The lowest BCUT2D eigenvalue weighted by atomic mass is 9.83. The maximum absolute atomic E-state index is 14.2. The summed E-state index contributed by atoms with van der Waals surface area (Å²) in [6.45, 7) is 1.77. The number of hydrogen-bond donors (Lipinski definition) is 1. The van der Waals surface area contributed by atoms with E-state index in [1.165, 1.54) is 6.33 Å². The predicted molar refractivity (Wildman–Crippen MR) is 69.3 cm³/mol. The Morgan fingerprint density at radius 2 is 1.86 bits per heavy atom. The number of anilines is 1. The van der Waals surface area contributed by atoms with Crippen molar-refractivity contribution < 1.29 is 17.6 Å². The Hall–Kier alpha value is -1.40. The summed E-state index contributed by atoms with van der Waals surface area (Å²) in [6.07, 6.45) is -1.49. The number of rotatable bonds is 3. The van der Waals surface area contributed by atoms with Crippen LogP contribution in [0.5, 0.6) is 0 Å². The molecule has 0 aliphatic heterocycles. The first kappa shape index (κ1) is 14.5. The van der Waals surface area contributed by atoms with Gasteiger partial charge in [-0.25, -0.2) is 14.4 Å². The van der Waals surface area contributed by atoms with E-state index in [4.69, 9.17) is 0 Å². The molecule has 1 heterocycles. The lowest BCUT2D eigenvalue weighted by Gasteiger charge is -2.30. The number of fused-ring (bicyclic) bond motifs is 2. The average Bonchev–Trinajstić information content (AvgIpc) is 2.98. The summed E-state index contributed by atoms with van der Waals surface area (Å²) >= 11 is 0. The van der Waals surface area contributed by atoms with E-state index in [2.05, 4.69) is 15.3 Å². The second-order valence-electron chi connectivity index (χ2n) is 6.20. The van der Waals surface area contributed by atoms with Gasteiger partial charge in [0, 0.05) is 5.54 Å². The van der Waals surface area contributed by atoms with Crippen LogP contribution in [0.1, 0.15) is 44.7 Å². The van der Waals surface area contributed by atoms with E-state index in [-0.39, 0.29) is 30.8 Å². The SMILES string of the molecule is CCc1ncnc(NC23CCC(C(F)(F)F)(CC2)C3)c1F. The Labute approximate surface area is 120 Å². The average molecular weight is 303 g/mol.